The van der Waals surface area contributed by atoms with Crippen LogP contribution in [-0.2, 0) is 4.79 Å². The summed E-state index contributed by atoms with van der Waals surface area (Å²) in [7, 11) is 1.73. The molecule has 4 heteroatoms. The SMILES string of the molecule is CNC(C)C(=O)NC(CO)C(C)C. The van der Waals surface area contributed by atoms with Crippen LogP contribution >= 0.6 is 0 Å². The highest BCUT2D eigenvalue weighted by Crippen LogP contribution is 2.00. The van der Waals surface area contributed by atoms with Crippen LogP contribution in [0.4, 0.5) is 0 Å². The van der Waals surface area contributed by atoms with Crippen molar-refractivity contribution in [1.82, 2.24) is 10.6 Å². The van der Waals surface area contributed by atoms with Crippen molar-refractivity contribution in [2.45, 2.75) is 32.9 Å². The second-order valence-corrected chi connectivity index (χ2v) is 3.55. The second-order valence-electron chi connectivity index (χ2n) is 3.55. The minimum absolute atomic E-state index is 0.0140. The lowest BCUT2D eigenvalue weighted by Gasteiger charge is -2.21. The van der Waals surface area contributed by atoms with Gasteiger partial charge in [0.1, 0.15) is 0 Å². The third-order valence-corrected chi connectivity index (χ3v) is 2.16. The molecule has 3 N–H and O–H groups in total. The largest absolute Gasteiger partial charge is 0.394 e. The number of rotatable bonds is 5. The summed E-state index contributed by atoms with van der Waals surface area (Å²) < 4.78 is 0. The average Bonchev–Trinajstić information content (AvgIpc) is 2.11. The Labute approximate surface area is 79.7 Å². The molecule has 0 rings (SSSR count). The zero-order valence-corrected chi connectivity index (χ0v) is 8.79. The third kappa shape index (κ3) is 4.24. The first kappa shape index (κ1) is 12.4. The highest BCUT2D eigenvalue weighted by Gasteiger charge is 2.17. The molecular weight excluding hydrogens is 168 g/mol. The first-order chi connectivity index (χ1) is 6.02. The van der Waals surface area contributed by atoms with E-state index in [4.69, 9.17) is 5.11 Å². The number of hydrogen-bond acceptors (Lipinski definition) is 3. The molecular formula is C9H20N2O2. The summed E-state index contributed by atoms with van der Waals surface area (Å²) in [6.45, 7) is 5.69. The van der Waals surface area contributed by atoms with Gasteiger partial charge >= 0.3 is 0 Å². The molecule has 0 saturated heterocycles. The number of nitrogens with one attached hydrogen (secondary N) is 2. The van der Waals surface area contributed by atoms with Gasteiger partial charge in [0, 0.05) is 0 Å². The van der Waals surface area contributed by atoms with Crippen LogP contribution in [0.5, 0.6) is 0 Å². The Kier molecular flexibility index (Phi) is 5.66. The van der Waals surface area contributed by atoms with Crippen molar-refractivity contribution in [3.8, 4) is 0 Å². The quantitative estimate of drug-likeness (QED) is 0.556. The number of amides is 1. The lowest BCUT2D eigenvalue weighted by molar-refractivity contribution is -0.124. The van der Waals surface area contributed by atoms with E-state index in [0.29, 0.717) is 0 Å². The van der Waals surface area contributed by atoms with Gasteiger partial charge in [0.05, 0.1) is 18.7 Å². The predicted octanol–water partition coefficient (Wildman–Crippen LogP) is -0.273. The summed E-state index contributed by atoms with van der Waals surface area (Å²) in [5, 5.41) is 14.6. The molecule has 0 saturated carbocycles. The summed E-state index contributed by atoms with van der Waals surface area (Å²) in [6, 6.07) is -0.365. The van der Waals surface area contributed by atoms with Crippen LogP contribution in [0, 0.1) is 5.92 Å². The summed E-state index contributed by atoms with van der Waals surface area (Å²) >= 11 is 0. The van der Waals surface area contributed by atoms with Gasteiger partial charge in [0.2, 0.25) is 5.91 Å². The van der Waals surface area contributed by atoms with Crippen LogP contribution in [0.2, 0.25) is 0 Å². The predicted molar refractivity (Wildman–Crippen MR) is 52.4 cm³/mol. The first-order valence-electron chi connectivity index (χ1n) is 4.61. The van der Waals surface area contributed by atoms with Gasteiger partial charge in [-0.2, -0.15) is 0 Å². The van der Waals surface area contributed by atoms with Crippen LogP contribution < -0.4 is 10.6 Å². The maximum absolute atomic E-state index is 11.4. The number of carbonyl (C=O) groups excluding carboxylic acids is 1. The number of aliphatic hydroxyl groups excluding tert-OH is 1. The molecule has 78 valence electrons. The lowest BCUT2D eigenvalue weighted by atomic mass is 10.1. The number of hydrogen-bond donors (Lipinski definition) is 3. The van der Waals surface area contributed by atoms with Crippen LogP contribution in [0.25, 0.3) is 0 Å². The van der Waals surface area contributed by atoms with E-state index in [1.54, 1.807) is 14.0 Å². The summed E-state index contributed by atoms with van der Waals surface area (Å²) in [5.74, 6) is 0.174. The van der Waals surface area contributed by atoms with Crippen LogP contribution in [-0.4, -0.2) is 36.8 Å². The molecule has 0 aromatic heterocycles. The molecule has 0 heterocycles. The minimum atomic E-state index is -0.215. The molecule has 0 radical (unpaired) electrons. The zero-order chi connectivity index (χ0) is 10.4. The van der Waals surface area contributed by atoms with E-state index in [1.165, 1.54) is 0 Å². The minimum Gasteiger partial charge on any atom is -0.394 e. The van der Waals surface area contributed by atoms with Gasteiger partial charge in [0.25, 0.3) is 0 Å². The monoisotopic (exact) mass is 188 g/mol. The molecule has 13 heavy (non-hydrogen) atoms. The lowest BCUT2D eigenvalue weighted by Crippen LogP contribution is -2.48. The van der Waals surface area contributed by atoms with Crippen molar-refractivity contribution in [3.05, 3.63) is 0 Å². The van der Waals surface area contributed by atoms with Crippen molar-refractivity contribution in [3.63, 3.8) is 0 Å². The standard InChI is InChI=1S/C9H20N2O2/c1-6(2)8(5-12)11-9(13)7(3)10-4/h6-8,10,12H,5H2,1-4H3,(H,11,13). The van der Waals surface area contributed by atoms with Gasteiger partial charge in [-0.25, -0.2) is 0 Å². The van der Waals surface area contributed by atoms with Crippen molar-refractivity contribution < 1.29 is 9.90 Å². The Morgan fingerprint density at radius 2 is 1.92 bits per heavy atom. The molecule has 0 aliphatic carbocycles. The van der Waals surface area contributed by atoms with Gasteiger partial charge in [0.15, 0.2) is 0 Å². The fourth-order valence-corrected chi connectivity index (χ4v) is 0.862. The number of likely N-dealkylation sites (N-methyl/N-ethyl adjacent to an activating group) is 1. The van der Waals surface area contributed by atoms with Gasteiger partial charge in [-0.1, -0.05) is 13.8 Å². The van der Waals surface area contributed by atoms with E-state index in [2.05, 4.69) is 10.6 Å². The zero-order valence-electron chi connectivity index (χ0n) is 8.79. The highest BCUT2D eigenvalue weighted by molar-refractivity contribution is 5.81. The number of aliphatic hydroxyl groups is 1. The van der Waals surface area contributed by atoms with Gasteiger partial charge in [-0.15, -0.1) is 0 Å². The van der Waals surface area contributed by atoms with E-state index in [9.17, 15) is 4.79 Å². The highest BCUT2D eigenvalue weighted by atomic mass is 16.3. The number of carbonyl (C=O) groups is 1. The van der Waals surface area contributed by atoms with Crippen molar-refractivity contribution in [2.24, 2.45) is 5.92 Å². The fourth-order valence-electron chi connectivity index (χ4n) is 0.862. The Balaban J connectivity index is 4.01. The van der Waals surface area contributed by atoms with Crippen molar-refractivity contribution in [1.29, 1.82) is 0 Å². The maximum atomic E-state index is 11.4. The van der Waals surface area contributed by atoms with Crippen LogP contribution in [0.15, 0.2) is 0 Å². The van der Waals surface area contributed by atoms with Gasteiger partial charge in [-0.05, 0) is 19.9 Å². The molecule has 0 bridgehead atoms. The molecule has 0 aromatic rings. The van der Waals surface area contributed by atoms with Crippen LogP contribution in [0.1, 0.15) is 20.8 Å². The first-order valence-corrected chi connectivity index (χ1v) is 4.61. The third-order valence-electron chi connectivity index (χ3n) is 2.16. The summed E-state index contributed by atoms with van der Waals surface area (Å²) in [5.41, 5.74) is 0. The van der Waals surface area contributed by atoms with Crippen LogP contribution in [0.3, 0.4) is 0 Å². The molecule has 4 nitrogen and oxygen atoms in total. The van der Waals surface area contributed by atoms with Gasteiger partial charge < -0.3 is 15.7 Å². The topological polar surface area (TPSA) is 61.4 Å². The van der Waals surface area contributed by atoms with E-state index in [1.807, 2.05) is 13.8 Å². The molecule has 0 aliphatic heterocycles. The molecule has 2 unspecified atom stereocenters. The van der Waals surface area contributed by atoms with E-state index < -0.39 is 0 Å². The smallest absolute Gasteiger partial charge is 0.237 e. The molecule has 2 atom stereocenters. The average molecular weight is 188 g/mol. The summed E-state index contributed by atoms with van der Waals surface area (Å²) in [4.78, 5) is 11.4. The maximum Gasteiger partial charge on any atom is 0.237 e. The Morgan fingerprint density at radius 3 is 2.23 bits per heavy atom. The van der Waals surface area contributed by atoms with Crippen molar-refractivity contribution in [2.75, 3.05) is 13.7 Å². The van der Waals surface area contributed by atoms with E-state index in [-0.39, 0.29) is 30.5 Å². The molecule has 0 aliphatic rings. The second kappa shape index (κ2) is 5.94. The Bertz CT molecular complexity index is 160. The van der Waals surface area contributed by atoms with Gasteiger partial charge in [-0.3, -0.25) is 4.79 Å². The van der Waals surface area contributed by atoms with E-state index in [0.717, 1.165) is 0 Å². The normalized spacial score (nSPS) is 15.5. The molecule has 1 amide bonds. The summed E-state index contributed by atoms with van der Waals surface area (Å²) in [6.07, 6.45) is 0. The van der Waals surface area contributed by atoms with E-state index >= 15 is 0 Å². The Hall–Kier alpha value is -0.610. The molecule has 0 spiro atoms. The van der Waals surface area contributed by atoms with Crippen molar-refractivity contribution >= 4 is 5.91 Å². The molecule has 0 fully saturated rings. The Morgan fingerprint density at radius 1 is 1.38 bits per heavy atom. The molecule has 0 aromatic carbocycles. The fraction of sp³-hybridized carbons (Fsp3) is 0.889.